The van der Waals surface area contributed by atoms with Gasteiger partial charge in [0.1, 0.15) is 12.0 Å². The van der Waals surface area contributed by atoms with Crippen LogP contribution in [-0.4, -0.2) is 13.4 Å². The molecule has 0 bridgehead atoms. The summed E-state index contributed by atoms with van der Waals surface area (Å²) < 4.78 is 4.95. The van der Waals surface area contributed by atoms with Gasteiger partial charge in [0.05, 0.1) is 18.2 Å². The van der Waals surface area contributed by atoms with E-state index >= 15 is 0 Å². The molecule has 2 N–H and O–H groups in total. The molecule has 14 heavy (non-hydrogen) atoms. The third-order valence-corrected chi connectivity index (χ3v) is 2.40. The van der Waals surface area contributed by atoms with E-state index in [4.69, 9.17) is 33.7 Å². The Labute approximate surface area is 91.7 Å². The number of halogens is 2. The number of benzene rings is 1. The number of carbonyl (C=O) groups is 1. The van der Waals surface area contributed by atoms with E-state index < -0.39 is 6.04 Å². The van der Waals surface area contributed by atoms with Crippen molar-refractivity contribution in [2.45, 2.75) is 6.04 Å². The number of methoxy groups -OCH3 is 1. The molecule has 1 atom stereocenters. The summed E-state index contributed by atoms with van der Waals surface area (Å²) in [6.07, 6.45) is 0.601. The van der Waals surface area contributed by atoms with Crippen molar-refractivity contribution < 1.29 is 9.53 Å². The largest absolute Gasteiger partial charge is 0.495 e. The summed E-state index contributed by atoms with van der Waals surface area (Å²) in [6, 6.07) is 2.30. The first kappa shape index (κ1) is 11.3. The van der Waals surface area contributed by atoms with Crippen LogP contribution in [0, 0.1) is 0 Å². The molecule has 1 rings (SSSR count). The monoisotopic (exact) mass is 233 g/mol. The van der Waals surface area contributed by atoms with E-state index in [-0.39, 0.29) is 0 Å². The van der Waals surface area contributed by atoms with Crippen molar-refractivity contribution in [2.24, 2.45) is 5.73 Å². The first-order valence-corrected chi connectivity index (χ1v) is 4.59. The highest BCUT2D eigenvalue weighted by molar-refractivity contribution is 6.34. The van der Waals surface area contributed by atoms with Crippen LogP contribution in [0.1, 0.15) is 11.6 Å². The molecule has 0 spiro atoms. The van der Waals surface area contributed by atoms with Crippen LogP contribution in [-0.2, 0) is 4.79 Å². The molecular weight excluding hydrogens is 225 g/mol. The van der Waals surface area contributed by atoms with Gasteiger partial charge in [-0.15, -0.1) is 0 Å². The standard InChI is InChI=1S/C9H9Cl2NO2/c1-14-9-3-6(10)5(2-7(9)11)8(12)4-13/h2-4,8H,12H2,1H3. The number of ether oxygens (including phenoxy) is 1. The maximum atomic E-state index is 10.5. The Bertz CT molecular complexity index is 355. The van der Waals surface area contributed by atoms with Gasteiger partial charge in [-0.3, -0.25) is 0 Å². The summed E-state index contributed by atoms with van der Waals surface area (Å²) in [5.41, 5.74) is 6.00. The molecule has 1 unspecified atom stereocenters. The van der Waals surface area contributed by atoms with Crippen LogP contribution in [0.15, 0.2) is 12.1 Å². The molecule has 1 aromatic rings. The SMILES string of the molecule is COc1cc(Cl)c(C(N)C=O)cc1Cl. The molecule has 0 saturated carbocycles. The predicted molar refractivity (Wildman–Crippen MR) is 56.0 cm³/mol. The number of hydrogen-bond donors (Lipinski definition) is 1. The summed E-state index contributed by atoms with van der Waals surface area (Å²) in [5, 5.41) is 0.745. The minimum Gasteiger partial charge on any atom is -0.495 e. The number of carbonyl (C=O) groups excluding carboxylic acids is 1. The van der Waals surface area contributed by atoms with E-state index in [0.29, 0.717) is 27.6 Å². The molecule has 0 aliphatic heterocycles. The number of hydrogen-bond acceptors (Lipinski definition) is 3. The average Bonchev–Trinajstić information content (AvgIpc) is 2.19. The fourth-order valence-electron chi connectivity index (χ4n) is 1.03. The molecule has 0 aliphatic carbocycles. The van der Waals surface area contributed by atoms with E-state index in [1.807, 2.05) is 0 Å². The first-order valence-electron chi connectivity index (χ1n) is 3.84. The summed E-state index contributed by atoms with van der Waals surface area (Å²) in [6.45, 7) is 0. The van der Waals surface area contributed by atoms with Gasteiger partial charge in [-0.05, 0) is 11.6 Å². The molecule has 0 radical (unpaired) electrons. The van der Waals surface area contributed by atoms with Crippen molar-refractivity contribution in [1.29, 1.82) is 0 Å². The maximum absolute atomic E-state index is 10.5. The van der Waals surface area contributed by atoms with Crippen LogP contribution < -0.4 is 10.5 Å². The van der Waals surface area contributed by atoms with Crippen LogP contribution >= 0.6 is 23.2 Å². The lowest BCUT2D eigenvalue weighted by atomic mass is 10.1. The molecule has 0 heterocycles. The van der Waals surface area contributed by atoms with Crippen LogP contribution in [0.2, 0.25) is 10.0 Å². The van der Waals surface area contributed by atoms with E-state index in [1.54, 1.807) is 0 Å². The Balaban J connectivity index is 3.21. The minimum absolute atomic E-state index is 0.367. The minimum atomic E-state index is -0.758. The molecule has 5 heteroatoms. The van der Waals surface area contributed by atoms with Gasteiger partial charge in [-0.2, -0.15) is 0 Å². The van der Waals surface area contributed by atoms with Crippen molar-refractivity contribution >= 4 is 29.5 Å². The smallest absolute Gasteiger partial charge is 0.141 e. The second kappa shape index (κ2) is 4.64. The zero-order chi connectivity index (χ0) is 10.7. The van der Waals surface area contributed by atoms with Gasteiger partial charge in [0.25, 0.3) is 0 Å². The lowest BCUT2D eigenvalue weighted by Crippen LogP contribution is -2.11. The molecule has 0 aliphatic rings. The molecule has 0 saturated heterocycles. The van der Waals surface area contributed by atoms with Gasteiger partial charge in [-0.1, -0.05) is 23.2 Å². The zero-order valence-electron chi connectivity index (χ0n) is 7.46. The predicted octanol–water partition coefficient (Wildman–Crippen LogP) is 2.20. The Hall–Kier alpha value is -0.770. The van der Waals surface area contributed by atoms with Gasteiger partial charge in [0.2, 0.25) is 0 Å². The van der Waals surface area contributed by atoms with Crippen LogP contribution in [0.5, 0.6) is 5.75 Å². The molecule has 1 aromatic carbocycles. The summed E-state index contributed by atoms with van der Waals surface area (Å²) in [4.78, 5) is 10.5. The van der Waals surface area contributed by atoms with Crippen molar-refractivity contribution in [3.63, 3.8) is 0 Å². The van der Waals surface area contributed by atoms with Gasteiger partial charge >= 0.3 is 0 Å². The number of rotatable bonds is 3. The highest BCUT2D eigenvalue weighted by Crippen LogP contribution is 2.32. The molecule has 0 fully saturated rings. The van der Waals surface area contributed by atoms with E-state index in [0.717, 1.165) is 0 Å². The lowest BCUT2D eigenvalue weighted by Gasteiger charge is -2.10. The normalized spacial score (nSPS) is 12.3. The highest BCUT2D eigenvalue weighted by atomic mass is 35.5. The molecular formula is C9H9Cl2NO2. The van der Waals surface area contributed by atoms with Crippen LogP contribution in [0.3, 0.4) is 0 Å². The molecule has 0 amide bonds. The highest BCUT2D eigenvalue weighted by Gasteiger charge is 2.12. The first-order chi connectivity index (χ1) is 6.60. The zero-order valence-corrected chi connectivity index (χ0v) is 8.97. The van der Waals surface area contributed by atoms with Crippen molar-refractivity contribution in [1.82, 2.24) is 0 Å². The Morgan fingerprint density at radius 2 is 2.07 bits per heavy atom. The number of nitrogens with two attached hydrogens (primary N) is 1. The van der Waals surface area contributed by atoms with Crippen LogP contribution in [0.4, 0.5) is 0 Å². The second-order valence-electron chi connectivity index (χ2n) is 2.67. The fourth-order valence-corrected chi connectivity index (χ4v) is 1.56. The molecule has 0 aromatic heterocycles. The topological polar surface area (TPSA) is 52.3 Å². The maximum Gasteiger partial charge on any atom is 0.141 e. The summed E-state index contributed by atoms with van der Waals surface area (Å²) in [5.74, 6) is 0.457. The lowest BCUT2D eigenvalue weighted by molar-refractivity contribution is -0.109. The Kier molecular flexibility index (Phi) is 3.75. The Morgan fingerprint density at radius 1 is 1.43 bits per heavy atom. The quantitative estimate of drug-likeness (QED) is 0.815. The second-order valence-corrected chi connectivity index (χ2v) is 3.48. The van der Waals surface area contributed by atoms with E-state index in [1.165, 1.54) is 19.2 Å². The summed E-state index contributed by atoms with van der Waals surface area (Å²) >= 11 is 11.7. The number of aldehydes is 1. The Morgan fingerprint density at radius 3 is 2.57 bits per heavy atom. The van der Waals surface area contributed by atoms with Gasteiger partial charge in [0, 0.05) is 11.1 Å². The van der Waals surface area contributed by atoms with Crippen molar-refractivity contribution in [2.75, 3.05) is 7.11 Å². The van der Waals surface area contributed by atoms with Crippen molar-refractivity contribution in [3.05, 3.63) is 27.7 Å². The third kappa shape index (κ3) is 2.18. The van der Waals surface area contributed by atoms with Crippen LogP contribution in [0.25, 0.3) is 0 Å². The third-order valence-electron chi connectivity index (χ3n) is 1.78. The van der Waals surface area contributed by atoms with E-state index in [9.17, 15) is 4.79 Å². The summed E-state index contributed by atoms with van der Waals surface area (Å²) in [7, 11) is 1.48. The average molecular weight is 234 g/mol. The van der Waals surface area contributed by atoms with Gasteiger partial charge in [-0.25, -0.2) is 0 Å². The van der Waals surface area contributed by atoms with Gasteiger partial charge < -0.3 is 15.3 Å². The van der Waals surface area contributed by atoms with Crippen molar-refractivity contribution in [3.8, 4) is 5.75 Å². The van der Waals surface area contributed by atoms with Gasteiger partial charge in [0.15, 0.2) is 0 Å². The molecule has 76 valence electrons. The van der Waals surface area contributed by atoms with E-state index in [2.05, 4.69) is 0 Å². The molecule has 3 nitrogen and oxygen atoms in total. The fraction of sp³-hybridized carbons (Fsp3) is 0.222.